The van der Waals surface area contributed by atoms with Gasteiger partial charge in [-0.3, -0.25) is 0 Å². The summed E-state index contributed by atoms with van der Waals surface area (Å²) in [5.74, 6) is 0.983. The summed E-state index contributed by atoms with van der Waals surface area (Å²) in [4.78, 5) is 26.4. The van der Waals surface area contributed by atoms with Gasteiger partial charge in [-0.2, -0.15) is 0 Å². The average molecular weight is 699 g/mol. The molecule has 0 heterocycles. The van der Waals surface area contributed by atoms with Crippen molar-refractivity contribution in [2.45, 2.75) is 91.9 Å². The molecule has 0 bridgehead atoms. The molecule has 0 spiro atoms. The molecule has 0 amide bonds. The highest BCUT2D eigenvalue weighted by molar-refractivity contribution is 6.27. The van der Waals surface area contributed by atoms with Crippen molar-refractivity contribution in [3.63, 3.8) is 0 Å². The molecule has 0 aliphatic carbocycles. The van der Waals surface area contributed by atoms with E-state index >= 15 is 0 Å². The second-order valence-electron chi connectivity index (χ2n) is 13.7. The van der Waals surface area contributed by atoms with Crippen LogP contribution in [0.2, 0.25) is 0 Å². The summed E-state index contributed by atoms with van der Waals surface area (Å²) in [6, 6.07) is 28.5. The lowest BCUT2D eigenvalue weighted by molar-refractivity contribution is 0.0972. The first-order valence-electron chi connectivity index (χ1n) is 19.0. The molecular formula is C46H50O6. The predicted molar refractivity (Wildman–Crippen MR) is 213 cm³/mol. The Balaban J connectivity index is 1.49. The van der Waals surface area contributed by atoms with Gasteiger partial charge in [-0.1, -0.05) is 150 Å². The molecule has 0 atom stereocenters. The summed E-state index contributed by atoms with van der Waals surface area (Å²) in [5, 5.41) is 7.10. The van der Waals surface area contributed by atoms with Gasteiger partial charge in [0.1, 0.15) is 0 Å². The molecule has 270 valence electrons. The van der Waals surface area contributed by atoms with Crippen LogP contribution >= 0.6 is 0 Å². The Labute approximate surface area is 307 Å². The number of hydrogen-bond acceptors (Lipinski definition) is 6. The molecule has 0 fully saturated rings. The van der Waals surface area contributed by atoms with Crippen molar-refractivity contribution in [3.8, 4) is 22.6 Å². The van der Waals surface area contributed by atoms with Crippen LogP contribution in [0.15, 0.2) is 84.9 Å². The van der Waals surface area contributed by atoms with E-state index in [2.05, 4.69) is 38.1 Å². The summed E-state index contributed by atoms with van der Waals surface area (Å²) in [5.41, 5.74) is 3.99. The maximum absolute atomic E-state index is 13.2. The zero-order chi connectivity index (χ0) is 36.5. The van der Waals surface area contributed by atoms with E-state index in [0.717, 1.165) is 117 Å². The topological polar surface area (TPSA) is 71.1 Å². The third kappa shape index (κ3) is 7.86. The molecule has 6 nitrogen and oxygen atoms in total. The van der Waals surface area contributed by atoms with Crippen molar-refractivity contribution in [3.05, 3.63) is 96.1 Å². The van der Waals surface area contributed by atoms with Crippen molar-refractivity contribution in [1.29, 1.82) is 0 Å². The van der Waals surface area contributed by atoms with Crippen molar-refractivity contribution < 1.29 is 28.5 Å². The van der Waals surface area contributed by atoms with Gasteiger partial charge in [0.15, 0.2) is 11.5 Å². The third-order valence-corrected chi connectivity index (χ3v) is 9.98. The van der Waals surface area contributed by atoms with E-state index in [-0.39, 0.29) is 0 Å². The lowest BCUT2D eigenvalue weighted by Crippen LogP contribution is -2.13. The lowest BCUT2D eigenvalue weighted by Gasteiger charge is -2.22. The third-order valence-electron chi connectivity index (χ3n) is 9.98. The molecule has 0 N–H and O–H groups in total. The fourth-order valence-electron chi connectivity index (χ4n) is 7.41. The summed E-state index contributed by atoms with van der Waals surface area (Å²) in [7, 11) is 0. The molecule has 6 aromatic rings. The van der Waals surface area contributed by atoms with E-state index < -0.39 is 12.3 Å². The Morgan fingerprint density at radius 3 is 1.21 bits per heavy atom. The Kier molecular flexibility index (Phi) is 12.3. The number of benzene rings is 6. The second kappa shape index (κ2) is 17.4. The first-order chi connectivity index (χ1) is 25.4. The molecule has 52 heavy (non-hydrogen) atoms. The van der Waals surface area contributed by atoms with Crippen LogP contribution < -0.4 is 9.47 Å². The van der Waals surface area contributed by atoms with Gasteiger partial charge in [-0.25, -0.2) is 9.59 Å². The highest BCUT2D eigenvalue weighted by Crippen LogP contribution is 2.51. The number of ether oxygens (including phenoxy) is 4. The molecule has 0 aliphatic heterocycles. The SMILES string of the molecule is CCCCCCCOC(=O)Oc1c2ccccc2c(-c2c3ccccc3c(OC(=O)OCCCCCCC)c3c(C)cccc23)c2cccc(C)c12. The number of fused-ring (bicyclic) bond motifs is 4. The first-order valence-corrected chi connectivity index (χ1v) is 19.0. The minimum absolute atomic E-state index is 0.327. The van der Waals surface area contributed by atoms with Crippen LogP contribution in [0.4, 0.5) is 9.59 Å². The fourth-order valence-corrected chi connectivity index (χ4v) is 7.41. The molecule has 0 saturated carbocycles. The van der Waals surface area contributed by atoms with Crippen LogP contribution in [0.1, 0.15) is 89.2 Å². The highest BCUT2D eigenvalue weighted by Gasteiger charge is 2.25. The molecule has 0 aliphatic rings. The van der Waals surface area contributed by atoms with E-state index in [1.165, 1.54) is 12.8 Å². The van der Waals surface area contributed by atoms with E-state index in [1.807, 2.05) is 74.5 Å². The first kappa shape index (κ1) is 36.7. The number of aryl methyl sites for hydroxylation is 2. The number of carbonyl (C=O) groups is 2. The fraction of sp³-hybridized carbons (Fsp3) is 0.348. The maximum Gasteiger partial charge on any atom is 0.513 e. The molecule has 0 saturated heterocycles. The summed E-state index contributed by atoms with van der Waals surface area (Å²) in [6.45, 7) is 9.10. The van der Waals surface area contributed by atoms with E-state index in [0.29, 0.717) is 24.7 Å². The van der Waals surface area contributed by atoms with Gasteiger partial charge >= 0.3 is 12.3 Å². The number of unbranched alkanes of at least 4 members (excludes halogenated alkanes) is 8. The minimum atomic E-state index is -0.696. The molecule has 6 aromatic carbocycles. The molecule has 0 radical (unpaired) electrons. The van der Waals surface area contributed by atoms with Gasteiger partial charge in [0.05, 0.1) is 13.2 Å². The van der Waals surface area contributed by atoms with Crippen molar-refractivity contribution in [2.24, 2.45) is 0 Å². The van der Waals surface area contributed by atoms with Gasteiger partial charge < -0.3 is 18.9 Å². The van der Waals surface area contributed by atoms with Crippen LogP contribution in [-0.4, -0.2) is 25.5 Å². The van der Waals surface area contributed by atoms with Gasteiger partial charge in [-0.15, -0.1) is 0 Å². The van der Waals surface area contributed by atoms with Crippen LogP contribution in [0.3, 0.4) is 0 Å². The molecule has 6 rings (SSSR count). The van der Waals surface area contributed by atoms with Gasteiger partial charge in [0.25, 0.3) is 0 Å². The van der Waals surface area contributed by atoms with Gasteiger partial charge in [-0.05, 0) is 70.5 Å². The van der Waals surface area contributed by atoms with Crippen LogP contribution in [-0.2, 0) is 9.47 Å². The summed E-state index contributed by atoms with van der Waals surface area (Å²) in [6.07, 6.45) is 9.21. The highest BCUT2D eigenvalue weighted by atomic mass is 16.7. The minimum Gasteiger partial charge on any atom is -0.434 e. The number of hydrogen-bond donors (Lipinski definition) is 0. The van der Waals surface area contributed by atoms with Crippen molar-refractivity contribution >= 4 is 55.4 Å². The van der Waals surface area contributed by atoms with E-state index in [1.54, 1.807) is 0 Å². The summed E-state index contributed by atoms with van der Waals surface area (Å²) >= 11 is 0. The number of carbonyl (C=O) groups excluding carboxylic acids is 2. The molecule has 6 heteroatoms. The van der Waals surface area contributed by atoms with Crippen molar-refractivity contribution in [1.82, 2.24) is 0 Å². The van der Waals surface area contributed by atoms with Crippen LogP contribution in [0.25, 0.3) is 54.2 Å². The largest absolute Gasteiger partial charge is 0.513 e. The van der Waals surface area contributed by atoms with Crippen molar-refractivity contribution in [2.75, 3.05) is 13.2 Å². The molecular weight excluding hydrogens is 648 g/mol. The molecule has 0 unspecified atom stereocenters. The zero-order valence-corrected chi connectivity index (χ0v) is 31.0. The lowest BCUT2D eigenvalue weighted by atomic mass is 9.84. The predicted octanol–water partition coefficient (Wildman–Crippen LogP) is 13.6. The monoisotopic (exact) mass is 698 g/mol. The van der Waals surface area contributed by atoms with Crippen LogP contribution in [0, 0.1) is 13.8 Å². The Morgan fingerprint density at radius 2 is 0.808 bits per heavy atom. The summed E-state index contributed by atoms with van der Waals surface area (Å²) < 4.78 is 23.4. The number of rotatable bonds is 15. The van der Waals surface area contributed by atoms with Crippen LogP contribution in [0.5, 0.6) is 11.5 Å². The van der Waals surface area contributed by atoms with E-state index in [9.17, 15) is 9.59 Å². The van der Waals surface area contributed by atoms with E-state index in [4.69, 9.17) is 18.9 Å². The average Bonchev–Trinajstić information content (AvgIpc) is 3.15. The Hall–Kier alpha value is -5.10. The smallest absolute Gasteiger partial charge is 0.434 e. The standard InChI is InChI=1S/C46H50O6/c1-5-7-9-11-17-29-49-45(47)51-43-35-25-15-13-23-33(35)41(37-27-19-21-31(3)39(37)43)42-34-24-14-16-26-36(34)44(40-32(4)22-20-28-38(40)42)52-46(48)50-30-18-12-10-8-6-2/h13-16,19-28H,5-12,17-18,29-30H2,1-4H3. The maximum atomic E-state index is 13.2. The second-order valence-corrected chi connectivity index (χ2v) is 13.7. The Bertz CT molecular complexity index is 2040. The zero-order valence-electron chi connectivity index (χ0n) is 31.0. The molecule has 0 aromatic heterocycles. The quantitative estimate of drug-likeness (QED) is 0.0460. The Morgan fingerprint density at radius 1 is 0.442 bits per heavy atom. The van der Waals surface area contributed by atoms with Gasteiger partial charge in [0, 0.05) is 21.5 Å². The van der Waals surface area contributed by atoms with Gasteiger partial charge in [0.2, 0.25) is 0 Å². The normalized spacial score (nSPS) is 11.4.